The summed E-state index contributed by atoms with van der Waals surface area (Å²) < 4.78 is 18.0. The number of ether oxygens (including phenoxy) is 1. The number of fused-ring (bicyclic) bond motifs is 1. The van der Waals surface area contributed by atoms with E-state index in [0.29, 0.717) is 0 Å². The number of rotatable bonds is 2. The van der Waals surface area contributed by atoms with Gasteiger partial charge in [-0.25, -0.2) is 14.1 Å². The fourth-order valence-corrected chi connectivity index (χ4v) is 2.38. The van der Waals surface area contributed by atoms with Gasteiger partial charge in [0, 0.05) is 0 Å². The van der Waals surface area contributed by atoms with Crippen molar-refractivity contribution < 1.29 is 23.5 Å². The lowest BCUT2D eigenvalue weighted by atomic mass is 10.1. The van der Waals surface area contributed by atoms with Crippen LogP contribution < -0.4 is 4.90 Å². The van der Waals surface area contributed by atoms with E-state index in [4.69, 9.17) is 0 Å². The zero-order valence-corrected chi connectivity index (χ0v) is 11.5. The number of hydrogen-bond donors (Lipinski definition) is 0. The van der Waals surface area contributed by atoms with Gasteiger partial charge in [-0.1, -0.05) is 12.1 Å². The number of halogens is 1. The van der Waals surface area contributed by atoms with Crippen molar-refractivity contribution >= 4 is 23.5 Å². The Morgan fingerprint density at radius 2 is 1.64 bits per heavy atom. The molecule has 5 nitrogen and oxygen atoms in total. The summed E-state index contributed by atoms with van der Waals surface area (Å²) in [6, 6.07) is 9.55. The molecule has 1 aliphatic rings. The molecule has 0 fully saturated rings. The highest BCUT2D eigenvalue weighted by Gasteiger charge is 2.38. The van der Waals surface area contributed by atoms with Crippen LogP contribution in [-0.4, -0.2) is 24.9 Å². The Morgan fingerprint density at radius 1 is 1.05 bits per heavy atom. The molecule has 0 radical (unpaired) electrons. The van der Waals surface area contributed by atoms with E-state index in [0.717, 1.165) is 24.1 Å². The van der Waals surface area contributed by atoms with Gasteiger partial charge >= 0.3 is 5.97 Å². The molecule has 0 aliphatic carbocycles. The van der Waals surface area contributed by atoms with Gasteiger partial charge in [-0.2, -0.15) is 0 Å². The fourth-order valence-electron chi connectivity index (χ4n) is 2.38. The Labute approximate surface area is 124 Å². The van der Waals surface area contributed by atoms with Crippen molar-refractivity contribution in [2.45, 2.75) is 0 Å². The zero-order chi connectivity index (χ0) is 15.9. The summed E-state index contributed by atoms with van der Waals surface area (Å²) in [4.78, 5) is 37.5. The molecule has 0 saturated carbocycles. The van der Waals surface area contributed by atoms with Gasteiger partial charge in [0.2, 0.25) is 0 Å². The van der Waals surface area contributed by atoms with E-state index in [1.165, 1.54) is 18.2 Å². The number of anilines is 1. The molecular formula is C16H10FNO4. The van der Waals surface area contributed by atoms with Crippen LogP contribution in [-0.2, 0) is 4.74 Å². The lowest BCUT2D eigenvalue weighted by Crippen LogP contribution is -2.31. The van der Waals surface area contributed by atoms with Crippen LogP contribution in [0.15, 0.2) is 42.5 Å². The smallest absolute Gasteiger partial charge is 0.340 e. The van der Waals surface area contributed by atoms with E-state index in [9.17, 15) is 18.8 Å². The van der Waals surface area contributed by atoms with Gasteiger partial charge in [-0.15, -0.1) is 0 Å². The van der Waals surface area contributed by atoms with Crippen molar-refractivity contribution in [2.24, 2.45) is 0 Å². The third-order valence-corrected chi connectivity index (χ3v) is 3.40. The number of methoxy groups -OCH3 is 1. The van der Waals surface area contributed by atoms with Crippen molar-refractivity contribution in [3.05, 3.63) is 65.0 Å². The highest BCUT2D eigenvalue weighted by Crippen LogP contribution is 2.31. The number of imide groups is 1. The lowest BCUT2D eigenvalue weighted by molar-refractivity contribution is 0.0601. The summed E-state index contributed by atoms with van der Waals surface area (Å²) in [5.74, 6) is -2.61. The quantitative estimate of drug-likeness (QED) is 0.631. The number of benzene rings is 2. The van der Waals surface area contributed by atoms with Crippen LogP contribution in [0.1, 0.15) is 31.1 Å². The number of esters is 1. The molecule has 2 aromatic carbocycles. The highest BCUT2D eigenvalue weighted by atomic mass is 19.1. The second-order valence-corrected chi connectivity index (χ2v) is 4.64. The summed E-state index contributed by atoms with van der Waals surface area (Å²) >= 11 is 0. The molecule has 2 aromatic rings. The Balaban J connectivity index is 2.16. The molecule has 6 heteroatoms. The first-order valence-corrected chi connectivity index (χ1v) is 6.40. The van der Waals surface area contributed by atoms with E-state index < -0.39 is 23.6 Å². The van der Waals surface area contributed by atoms with Gasteiger partial charge in [-0.3, -0.25) is 9.59 Å². The average molecular weight is 299 g/mol. The van der Waals surface area contributed by atoms with Crippen molar-refractivity contribution in [2.75, 3.05) is 12.0 Å². The summed E-state index contributed by atoms with van der Waals surface area (Å²) in [5, 5.41) is 0. The molecule has 0 spiro atoms. The minimum Gasteiger partial charge on any atom is -0.465 e. The number of carbonyl (C=O) groups excluding carboxylic acids is 3. The van der Waals surface area contributed by atoms with Crippen LogP contribution >= 0.6 is 0 Å². The molecule has 0 atom stereocenters. The van der Waals surface area contributed by atoms with Crippen molar-refractivity contribution in [1.82, 2.24) is 0 Å². The summed E-state index contributed by atoms with van der Waals surface area (Å²) in [7, 11) is 1.14. The van der Waals surface area contributed by atoms with Crippen LogP contribution in [0.25, 0.3) is 0 Å². The number of carbonyl (C=O) groups is 3. The summed E-state index contributed by atoms with van der Waals surface area (Å²) in [6.07, 6.45) is 0. The van der Waals surface area contributed by atoms with Crippen LogP contribution in [0.3, 0.4) is 0 Å². The summed E-state index contributed by atoms with van der Waals surface area (Å²) in [5.41, 5.74) is 0.303. The van der Waals surface area contributed by atoms with Gasteiger partial charge < -0.3 is 4.74 Å². The Morgan fingerprint density at radius 3 is 2.18 bits per heavy atom. The van der Waals surface area contributed by atoms with Gasteiger partial charge in [0.25, 0.3) is 11.8 Å². The van der Waals surface area contributed by atoms with E-state index in [1.54, 1.807) is 12.1 Å². The molecule has 1 heterocycles. The number of nitrogens with zero attached hydrogens (tertiary/aromatic N) is 1. The predicted octanol–water partition coefficient (Wildman–Crippen LogP) is 2.41. The van der Waals surface area contributed by atoms with Gasteiger partial charge in [-0.05, 0) is 30.3 Å². The monoisotopic (exact) mass is 299 g/mol. The highest BCUT2D eigenvalue weighted by molar-refractivity contribution is 6.35. The molecule has 0 bridgehead atoms. The van der Waals surface area contributed by atoms with Crippen molar-refractivity contribution in [3.8, 4) is 0 Å². The molecule has 2 amide bonds. The first-order valence-electron chi connectivity index (χ1n) is 6.40. The standard InChI is InChI=1S/C16H10FNO4/c1-22-16(21)12-8-9(17)6-7-13(12)18-14(19)10-4-2-3-5-11(10)15(18)20/h2-8H,1H3. The van der Waals surface area contributed by atoms with E-state index >= 15 is 0 Å². The lowest BCUT2D eigenvalue weighted by Gasteiger charge is -2.17. The third kappa shape index (κ3) is 1.96. The Kier molecular flexibility index (Phi) is 3.21. The second-order valence-electron chi connectivity index (χ2n) is 4.64. The molecule has 0 unspecified atom stereocenters. The maximum absolute atomic E-state index is 13.4. The first kappa shape index (κ1) is 13.9. The van der Waals surface area contributed by atoms with E-state index in [-0.39, 0.29) is 22.4 Å². The Hall–Kier alpha value is -3.02. The maximum atomic E-state index is 13.4. The summed E-state index contributed by atoms with van der Waals surface area (Å²) in [6.45, 7) is 0. The molecule has 110 valence electrons. The van der Waals surface area contributed by atoms with E-state index in [1.807, 2.05) is 0 Å². The molecule has 0 N–H and O–H groups in total. The van der Waals surface area contributed by atoms with Gasteiger partial charge in [0.1, 0.15) is 5.82 Å². The average Bonchev–Trinajstić information content (AvgIpc) is 2.79. The minimum atomic E-state index is -0.828. The molecular weight excluding hydrogens is 289 g/mol. The largest absolute Gasteiger partial charge is 0.465 e. The van der Waals surface area contributed by atoms with Crippen molar-refractivity contribution in [3.63, 3.8) is 0 Å². The number of hydrogen-bond acceptors (Lipinski definition) is 4. The van der Waals surface area contributed by atoms with Crippen LogP contribution in [0, 0.1) is 5.82 Å². The van der Waals surface area contributed by atoms with Crippen molar-refractivity contribution in [1.29, 1.82) is 0 Å². The molecule has 1 aliphatic heterocycles. The first-order chi connectivity index (χ1) is 10.5. The van der Waals surface area contributed by atoms with Crippen LogP contribution in [0.5, 0.6) is 0 Å². The van der Waals surface area contributed by atoms with Gasteiger partial charge in [0.15, 0.2) is 0 Å². The van der Waals surface area contributed by atoms with Crippen LogP contribution in [0.4, 0.5) is 10.1 Å². The normalized spacial score (nSPS) is 13.3. The molecule has 22 heavy (non-hydrogen) atoms. The topological polar surface area (TPSA) is 63.7 Å². The third-order valence-electron chi connectivity index (χ3n) is 3.40. The number of amides is 2. The zero-order valence-electron chi connectivity index (χ0n) is 11.5. The predicted molar refractivity (Wildman–Crippen MR) is 75.3 cm³/mol. The second kappa shape index (κ2) is 5.07. The molecule has 0 aromatic heterocycles. The van der Waals surface area contributed by atoms with Crippen LogP contribution in [0.2, 0.25) is 0 Å². The molecule has 0 saturated heterocycles. The molecule has 3 rings (SSSR count). The SMILES string of the molecule is COC(=O)c1cc(F)ccc1N1C(=O)c2ccccc2C1=O. The van der Waals surface area contributed by atoms with E-state index in [2.05, 4.69) is 4.74 Å². The Bertz CT molecular complexity index is 781. The van der Waals surface area contributed by atoms with Gasteiger partial charge in [0.05, 0.1) is 29.5 Å². The fraction of sp³-hybridized carbons (Fsp3) is 0.0625. The maximum Gasteiger partial charge on any atom is 0.340 e. The minimum absolute atomic E-state index is 0.000509.